The van der Waals surface area contributed by atoms with Crippen molar-refractivity contribution in [1.29, 1.82) is 0 Å². The fourth-order valence-electron chi connectivity index (χ4n) is 2.63. The molecule has 0 saturated heterocycles. The minimum Gasteiger partial charge on any atom is -0.373 e. The molecule has 0 bridgehead atoms. The Balaban J connectivity index is 1.63. The molecule has 21 heavy (non-hydrogen) atoms. The largest absolute Gasteiger partial charge is 0.373 e. The quantitative estimate of drug-likeness (QED) is 0.780. The molecule has 1 N–H and O–H groups in total. The van der Waals surface area contributed by atoms with Gasteiger partial charge in [-0.3, -0.25) is 4.98 Å². The Bertz CT molecular complexity index is 771. The Morgan fingerprint density at radius 1 is 1.24 bits per heavy atom. The number of hydrogen-bond acceptors (Lipinski definition) is 5. The second kappa shape index (κ2) is 4.70. The zero-order valence-corrected chi connectivity index (χ0v) is 11.6. The molecular weight excluding hydrogens is 264 g/mol. The number of nitrogens with zero attached hydrogens (tertiary/aromatic N) is 3. The topological polar surface area (TPSA) is 63.8 Å². The molecule has 0 radical (unpaired) electrons. The van der Waals surface area contributed by atoms with Crippen LogP contribution in [0, 0.1) is 6.92 Å². The van der Waals surface area contributed by atoms with Gasteiger partial charge in [0.15, 0.2) is 0 Å². The SMILES string of the molecule is Cc1ccncc1-c1noc(C2Cc3ccccc3N2)n1. The first-order valence-corrected chi connectivity index (χ1v) is 6.90. The summed E-state index contributed by atoms with van der Waals surface area (Å²) in [4.78, 5) is 8.65. The summed E-state index contributed by atoms with van der Waals surface area (Å²) in [5.41, 5.74) is 4.41. The van der Waals surface area contributed by atoms with E-state index in [9.17, 15) is 0 Å². The van der Waals surface area contributed by atoms with Gasteiger partial charge in [-0.15, -0.1) is 0 Å². The highest BCUT2D eigenvalue weighted by atomic mass is 16.5. The second-order valence-corrected chi connectivity index (χ2v) is 5.21. The molecule has 3 aromatic rings. The number of anilines is 1. The molecule has 1 aliphatic rings. The molecule has 0 saturated carbocycles. The van der Waals surface area contributed by atoms with Gasteiger partial charge in [-0.1, -0.05) is 23.4 Å². The van der Waals surface area contributed by atoms with E-state index in [1.165, 1.54) is 5.56 Å². The van der Waals surface area contributed by atoms with Crippen LogP contribution in [0.15, 0.2) is 47.2 Å². The van der Waals surface area contributed by atoms with Crippen molar-refractivity contribution in [3.63, 3.8) is 0 Å². The van der Waals surface area contributed by atoms with Crippen LogP contribution in [0.4, 0.5) is 5.69 Å². The van der Waals surface area contributed by atoms with E-state index >= 15 is 0 Å². The molecule has 3 heterocycles. The van der Waals surface area contributed by atoms with Crippen molar-refractivity contribution < 1.29 is 4.52 Å². The Hall–Kier alpha value is -2.69. The predicted molar refractivity (Wildman–Crippen MR) is 78.8 cm³/mol. The summed E-state index contributed by atoms with van der Waals surface area (Å²) in [6.45, 7) is 2.01. The summed E-state index contributed by atoms with van der Waals surface area (Å²) in [5.74, 6) is 1.21. The van der Waals surface area contributed by atoms with E-state index in [1.807, 2.05) is 25.1 Å². The van der Waals surface area contributed by atoms with E-state index in [1.54, 1.807) is 12.4 Å². The molecule has 0 spiro atoms. The lowest BCUT2D eigenvalue weighted by Gasteiger charge is -2.04. The Morgan fingerprint density at radius 2 is 2.14 bits per heavy atom. The van der Waals surface area contributed by atoms with E-state index in [-0.39, 0.29) is 6.04 Å². The number of rotatable bonds is 2. The van der Waals surface area contributed by atoms with Crippen LogP contribution in [0.5, 0.6) is 0 Å². The van der Waals surface area contributed by atoms with E-state index in [0.29, 0.717) is 11.7 Å². The fraction of sp³-hybridized carbons (Fsp3) is 0.188. The first-order chi connectivity index (χ1) is 10.3. The average molecular weight is 278 g/mol. The summed E-state index contributed by atoms with van der Waals surface area (Å²) in [6.07, 6.45) is 4.39. The lowest BCUT2D eigenvalue weighted by Crippen LogP contribution is -2.05. The van der Waals surface area contributed by atoms with Gasteiger partial charge in [0.1, 0.15) is 6.04 Å². The van der Waals surface area contributed by atoms with Gasteiger partial charge in [-0.25, -0.2) is 0 Å². The van der Waals surface area contributed by atoms with Crippen molar-refractivity contribution in [2.45, 2.75) is 19.4 Å². The summed E-state index contributed by atoms with van der Waals surface area (Å²) in [6, 6.07) is 10.2. The van der Waals surface area contributed by atoms with Crippen LogP contribution in [0.3, 0.4) is 0 Å². The maximum Gasteiger partial charge on any atom is 0.249 e. The lowest BCUT2D eigenvalue weighted by molar-refractivity contribution is 0.364. The Labute approximate surface area is 122 Å². The minimum absolute atomic E-state index is 0.0422. The summed E-state index contributed by atoms with van der Waals surface area (Å²) in [5, 5.41) is 7.51. The molecular formula is C16H14N4O. The molecule has 2 aromatic heterocycles. The van der Waals surface area contributed by atoms with E-state index < -0.39 is 0 Å². The van der Waals surface area contributed by atoms with Crippen LogP contribution in [0.1, 0.15) is 23.1 Å². The summed E-state index contributed by atoms with van der Waals surface area (Å²) in [7, 11) is 0. The normalized spacial score (nSPS) is 16.5. The average Bonchev–Trinajstić information content (AvgIpc) is 3.14. The smallest absolute Gasteiger partial charge is 0.249 e. The van der Waals surface area contributed by atoms with Gasteiger partial charge in [-0.2, -0.15) is 4.98 Å². The third-order valence-corrected chi connectivity index (χ3v) is 3.79. The van der Waals surface area contributed by atoms with Crippen molar-refractivity contribution >= 4 is 5.69 Å². The molecule has 0 fully saturated rings. The van der Waals surface area contributed by atoms with E-state index in [2.05, 4.69) is 32.6 Å². The van der Waals surface area contributed by atoms with Gasteiger partial charge in [0, 0.05) is 30.1 Å². The van der Waals surface area contributed by atoms with Crippen LogP contribution >= 0.6 is 0 Å². The van der Waals surface area contributed by atoms with Crippen LogP contribution in [-0.2, 0) is 6.42 Å². The molecule has 0 aliphatic carbocycles. The molecule has 4 rings (SSSR count). The lowest BCUT2D eigenvalue weighted by atomic mass is 10.1. The van der Waals surface area contributed by atoms with Gasteiger partial charge in [0.25, 0.3) is 0 Å². The summed E-state index contributed by atoms with van der Waals surface area (Å²) < 4.78 is 5.44. The first kappa shape index (κ1) is 12.1. The molecule has 1 atom stereocenters. The highest BCUT2D eigenvalue weighted by Crippen LogP contribution is 2.33. The highest BCUT2D eigenvalue weighted by molar-refractivity contribution is 5.59. The minimum atomic E-state index is 0.0422. The number of aromatic nitrogens is 3. The van der Waals surface area contributed by atoms with Crippen LogP contribution in [0.25, 0.3) is 11.4 Å². The zero-order valence-electron chi connectivity index (χ0n) is 11.6. The van der Waals surface area contributed by atoms with Crippen molar-refractivity contribution in [2.24, 2.45) is 0 Å². The van der Waals surface area contributed by atoms with Crippen LogP contribution in [-0.4, -0.2) is 15.1 Å². The summed E-state index contributed by atoms with van der Waals surface area (Å²) >= 11 is 0. The van der Waals surface area contributed by atoms with Crippen molar-refractivity contribution in [1.82, 2.24) is 15.1 Å². The number of benzene rings is 1. The number of hydrogen-bond donors (Lipinski definition) is 1. The van der Waals surface area contributed by atoms with Crippen molar-refractivity contribution in [2.75, 3.05) is 5.32 Å². The monoisotopic (exact) mass is 278 g/mol. The van der Waals surface area contributed by atoms with E-state index in [0.717, 1.165) is 23.2 Å². The van der Waals surface area contributed by atoms with Gasteiger partial charge in [-0.05, 0) is 30.2 Å². The highest BCUT2D eigenvalue weighted by Gasteiger charge is 2.26. The number of fused-ring (bicyclic) bond motifs is 1. The molecule has 1 aromatic carbocycles. The van der Waals surface area contributed by atoms with Gasteiger partial charge in [0.2, 0.25) is 11.7 Å². The second-order valence-electron chi connectivity index (χ2n) is 5.21. The number of para-hydroxylation sites is 1. The van der Waals surface area contributed by atoms with Gasteiger partial charge >= 0.3 is 0 Å². The maximum absolute atomic E-state index is 5.44. The van der Waals surface area contributed by atoms with Gasteiger partial charge in [0.05, 0.1) is 0 Å². The van der Waals surface area contributed by atoms with E-state index in [4.69, 9.17) is 4.52 Å². The van der Waals surface area contributed by atoms with Gasteiger partial charge < -0.3 is 9.84 Å². The Kier molecular flexibility index (Phi) is 2.70. The first-order valence-electron chi connectivity index (χ1n) is 6.90. The molecule has 0 amide bonds. The maximum atomic E-state index is 5.44. The molecule has 1 unspecified atom stereocenters. The molecule has 5 nitrogen and oxygen atoms in total. The van der Waals surface area contributed by atoms with Crippen LogP contribution in [0.2, 0.25) is 0 Å². The van der Waals surface area contributed by atoms with Crippen LogP contribution < -0.4 is 5.32 Å². The zero-order chi connectivity index (χ0) is 14.2. The number of pyridine rings is 1. The number of aryl methyl sites for hydroxylation is 1. The number of nitrogens with one attached hydrogen (secondary N) is 1. The molecule has 1 aliphatic heterocycles. The predicted octanol–water partition coefficient (Wildman–Crippen LogP) is 3.15. The van der Waals surface area contributed by atoms with Crippen molar-refractivity contribution in [3.8, 4) is 11.4 Å². The fourth-order valence-corrected chi connectivity index (χ4v) is 2.63. The third kappa shape index (κ3) is 2.07. The standard InChI is InChI=1S/C16H14N4O/c1-10-6-7-17-9-12(10)15-19-16(21-20-15)14-8-11-4-2-3-5-13(11)18-14/h2-7,9,14,18H,8H2,1H3. The molecule has 104 valence electrons. The Morgan fingerprint density at radius 3 is 3.00 bits per heavy atom. The van der Waals surface area contributed by atoms with Crippen molar-refractivity contribution in [3.05, 3.63) is 59.7 Å². The molecule has 5 heteroatoms. The third-order valence-electron chi connectivity index (χ3n) is 3.79.